The van der Waals surface area contributed by atoms with Crippen LogP contribution in [0.2, 0.25) is 0 Å². The number of hydrogen-bond acceptors (Lipinski definition) is 3. The average molecular weight is 165 g/mol. The predicted octanol–water partition coefficient (Wildman–Crippen LogP) is 1.43. The minimum atomic E-state index is -0.569. The van der Waals surface area contributed by atoms with E-state index in [0.29, 0.717) is 5.75 Å². The normalized spacial score (nSPS) is 9.17. The Morgan fingerprint density at radius 2 is 1.75 bits per heavy atom. The van der Waals surface area contributed by atoms with E-state index in [0.717, 1.165) is 5.75 Å². The highest BCUT2D eigenvalue weighted by molar-refractivity contribution is 5.76. The van der Waals surface area contributed by atoms with Gasteiger partial charge in [0.2, 0.25) is 0 Å². The van der Waals surface area contributed by atoms with Gasteiger partial charge in [0, 0.05) is 0 Å². The molecule has 0 amide bonds. The zero-order chi connectivity index (χ0) is 8.97. The number of ether oxygens (including phenoxy) is 2. The van der Waals surface area contributed by atoms with Crippen LogP contribution >= 0.6 is 0 Å². The Labute approximate surface area is 70.9 Å². The van der Waals surface area contributed by atoms with E-state index in [1.807, 2.05) is 0 Å². The second-order valence-electron chi connectivity index (χ2n) is 2.15. The Hall–Kier alpha value is -1.51. The number of methoxy groups -OCH3 is 1. The molecule has 63 valence electrons. The van der Waals surface area contributed by atoms with Gasteiger partial charge >= 0.3 is 5.97 Å². The van der Waals surface area contributed by atoms with Crippen LogP contribution in [0.4, 0.5) is 0 Å². The molecule has 0 aromatic heterocycles. The van der Waals surface area contributed by atoms with Gasteiger partial charge in [-0.3, -0.25) is 4.79 Å². The lowest BCUT2D eigenvalue weighted by Crippen LogP contribution is -2.01. The minimum Gasteiger partial charge on any atom is -0.497 e. The molecule has 0 saturated carbocycles. The first kappa shape index (κ1) is 8.59. The predicted molar refractivity (Wildman–Crippen MR) is 44.0 cm³/mol. The summed E-state index contributed by atoms with van der Waals surface area (Å²) in [6.07, 6.45) is 0. The molecule has 0 unspecified atom stereocenters. The van der Waals surface area contributed by atoms with E-state index in [9.17, 15) is 4.79 Å². The Morgan fingerprint density at radius 3 is 2.17 bits per heavy atom. The van der Waals surface area contributed by atoms with Crippen molar-refractivity contribution in [3.8, 4) is 11.5 Å². The van der Waals surface area contributed by atoms with E-state index < -0.39 is 5.97 Å². The first-order chi connectivity index (χ1) is 5.72. The molecule has 0 N–H and O–H groups in total. The molecule has 0 saturated heterocycles. The van der Waals surface area contributed by atoms with Crippen molar-refractivity contribution in [1.29, 1.82) is 0 Å². The third-order valence-corrected chi connectivity index (χ3v) is 1.29. The quantitative estimate of drug-likeness (QED) is 0.491. The molecule has 3 nitrogen and oxygen atoms in total. The van der Waals surface area contributed by atoms with Gasteiger partial charge in [-0.25, -0.2) is 0 Å². The van der Waals surface area contributed by atoms with Crippen molar-refractivity contribution < 1.29 is 14.3 Å². The number of carbonyl (C=O) groups is 1. The van der Waals surface area contributed by atoms with Gasteiger partial charge in [0.25, 0.3) is 0 Å². The van der Waals surface area contributed by atoms with Gasteiger partial charge in [-0.05, 0) is 24.3 Å². The highest BCUT2D eigenvalue weighted by Crippen LogP contribution is 2.16. The minimum absolute atomic E-state index is 0.468. The van der Waals surface area contributed by atoms with Crippen LogP contribution in [0.5, 0.6) is 11.5 Å². The second kappa shape index (κ2) is 3.76. The molecular weight excluding hydrogens is 156 g/mol. The number of carbonyl (C=O) groups excluding carboxylic acids is 1. The molecule has 1 rings (SSSR count). The van der Waals surface area contributed by atoms with Crippen molar-refractivity contribution in [1.82, 2.24) is 0 Å². The maximum atomic E-state index is 10.4. The Balaban J connectivity index is 2.71. The van der Waals surface area contributed by atoms with Crippen LogP contribution in [-0.2, 0) is 4.79 Å². The van der Waals surface area contributed by atoms with Crippen LogP contribution in [-0.4, -0.2) is 13.1 Å². The van der Waals surface area contributed by atoms with Crippen LogP contribution in [0.25, 0.3) is 0 Å². The maximum Gasteiger partial charge on any atom is 0.311 e. The third-order valence-electron chi connectivity index (χ3n) is 1.29. The molecule has 0 aliphatic carbocycles. The van der Waals surface area contributed by atoms with Gasteiger partial charge in [-0.1, -0.05) is 0 Å². The van der Waals surface area contributed by atoms with Gasteiger partial charge in [0.1, 0.15) is 11.5 Å². The van der Waals surface area contributed by atoms with Crippen molar-refractivity contribution >= 4 is 5.97 Å². The molecule has 0 aliphatic rings. The summed E-state index contributed by atoms with van der Waals surface area (Å²) in [7, 11) is 1.57. The summed E-state index contributed by atoms with van der Waals surface area (Å²) < 4.78 is 9.63. The zero-order valence-corrected chi connectivity index (χ0v) is 6.74. The maximum absolute atomic E-state index is 10.4. The molecule has 0 aliphatic heterocycles. The number of hydrogen-bond donors (Lipinski definition) is 0. The van der Waals surface area contributed by atoms with E-state index in [1.54, 1.807) is 31.4 Å². The summed E-state index contributed by atoms with van der Waals surface area (Å²) in [4.78, 5) is 10.4. The number of rotatable bonds is 2. The van der Waals surface area contributed by atoms with Crippen LogP contribution < -0.4 is 9.47 Å². The monoisotopic (exact) mass is 165 g/mol. The SMILES string of the molecule is [CH2]C(=O)Oc1ccc(OC)cc1. The molecule has 0 atom stereocenters. The molecule has 3 heteroatoms. The molecule has 0 heterocycles. The average Bonchev–Trinajstić information content (AvgIpc) is 2.05. The van der Waals surface area contributed by atoms with Crippen molar-refractivity contribution in [3.05, 3.63) is 31.2 Å². The second-order valence-corrected chi connectivity index (χ2v) is 2.15. The summed E-state index contributed by atoms with van der Waals surface area (Å²) in [6.45, 7) is 3.08. The zero-order valence-electron chi connectivity index (χ0n) is 6.74. The standard InChI is InChI=1S/C9H9O3/c1-7(10)12-9-5-3-8(11-2)4-6-9/h3-6H,1H2,2H3. The van der Waals surface area contributed by atoms with E-state index in [-0.39, 0.29) is 0 Å². The van der Waals surface area contributed by atoms with E-state index in [1.165, 1.54) is 0 Å². The lowest BCUT2D eigenvalue weighted by molar-refractivity contribution is -0.129. The van der Waals surface area contributed by atoms with E-state index >= 15 is 0 Å². The van der Waals surface area contributed by atoms with Gasteiger partial charge < -0.3 is 9.47 Å². The molecule has 1 aromatic carbocycles. The Kier molecular flexibility index (Phi) is 2.69. The summed E-state index contributed by atoms with van der Waals surface area (Å²) in [5, 5.41) is 0. The van der Waals surface area contributed by atoms with Crippen LogP contribution in [0.3, 0.4) is 0 Å². The lowest BCUT2D eigenvalue weighted by Gasteiger charge is -2.01. The highest BCUT2D eigenvalue weighted by atomic mass is 16.5. The molecule has 0 fully saturated rings. The fourth-order valence-corrected chi connectivity index (χ4v) is 0.775. The molecule has 0 bridgehead atoms. The van der Waals surface area contributed by atoms with Crippen molar-refractivity contribution in [2.45, 2.75) is 0 Å². The summed E-state index contributed by atoms with van der Waals surface area (Å²) in [6, 6.07) is 6.69. The largest absolute Gasteiger partial charge is 0.497 e. The molecule has 1 radical (unpaired) electrons. The number of esters is 1. The summed E-state index contributed by atoms with van der Waals surface area (Å²) >= 11 is 0. The number of benzene rings is 1. The van der Waals surface area contributed by atoms with Crippen LogP contribution in [0.1, 0.15) is 0 Å². The molecule has 1 aromatic rings. The summed E-state index contributed by atoms with van der Waals surface area (Å²) in [5.74, 6) is 0.620. The van der Waals surface area contributed by atoms with Gasteiger partial charge in [-0.15, -0.1) is 0 Å². The van der Waals surface area contributed by atoms with Crippen molar-refractivity contribution in [2.24, 2.45) is 0 Å². The first-order valence-corrected chi connectivity index (χ1v) is 3.40. The highest BCUT2D eigenvalue weighted by Gasteiger charge is 1.97. The van der Waals surface area contributed by atoms with Gasteiger partial charge in [-0.2, -0.15) is 0 Å². The summed E-state index contributed by atoms with van der Waals surface area (Å²) in [5.41, 5.74) is 0. The van der Waals surface area contributed by atoms with Crippen molar-refractivity contribution in [2.75, 3.05) is 7.11 Å². The fraction of sp³-hybridized carbons (Fsp3) is 0.111. The van der Waals surface area contributed by atoms with Crippen LogP contribution in [0.15, 0.2) is 24.3 Å². The topological polar surface area (TPSA) is 35.5 Å². The molecule has 12 heavy (non-hydrogen) atoms. The van der Waals surface area contributed by atoms with Gasteiger partial charge in [0.15, 0.2) is 0 Å². The Morgan fingerprint density at radius 1 is 1.25 bits per heavy atom. The van der Waals surface area contributed by atoms with E-state index in [2.05, 4.69) is 6.92 Å². The lowest BCUT2D eigenvalue weighted by atomic mass is 10.3. The molecule has 0 spiro atoms. The smallest absolute Gasteiger partial charge is 0.311 e. The van der Waals surface area contributed by atoms with Gasteiger partial charge in [0.05, 0.1) is 14.0 Å². The third kappa shape index (κ3) is 2.27. The fourth-order valence-electron chi connectivity index (χ4n) is 0.775. The van der Waals surface area contributed by atoms with Crippen LogP contribution in [0, 0.1) is 6.92 Å². The van der Waals surface area contributed by atoms with E-state index in [4.69, 9.17) is 9.47 Å². The first-order valence-electron chi connectivity index (χ1n) is 3.40. The molecular formula is C9H9O3. The van der Waals surface area contributed by atoms with Crippen molar-refractivity contribution in [3.63, 3.8) is 0 Å². The Bertz CT molecular complexity index is 264.